The van der Waals surface area contributed by atoms with E-state index in [9.17, 15) is 0 Å². The molecule has 0 aliphatic heterocycles. The number of rotatable bonds is 25. The normalized spacial score (nSPS) is 44.6. The van der Waals surface area contributed by atoms with Gasteiger partial charge in [-0.15, -0.1) is 0 Å². The van der Waals surface area contributed by atoms with Crippen LogP contribution < -0.4 is 0 Å². The topological polar surface area (TPSA) is 73.8 Å². The summed E-state index contributed by atoms with van der Waals surface area (Å²) < 4.78 is 63.0. The Morgan fingerprint density at radius 1 is 0.393 bits per heavy atom. The van der Waals surface area contributed by atoms with Gasteiger partial charge in [0.2, 0.25) is 29.3 Å². The van der Waals surface area contributed by atoms with Crippen molar-refractivity contribution in [2.24, 2.45) is 23.7 Å². The van der Waals surface area contributed by atoms with Crippen molar-refractivity contribution < 1.29 is 35.4 Å². The van der Waals surface area contributed by atoms with Crippen LogP contribution in [0.1, 0.15) is 66.7 Å². The van der Waals surface area contributed by atoms with Gasteiger partial charge in [0, 0.05) is 0 Å². The summed E-state index contributed by atoms with van der Waals surface area (Å²) >= 11 is 0. The zero-order valence-electron chi connectivity index (χ0n) is 39.2. The predicted octanol–water partition coefficient (Wildman–Crippen LogP) is 9.91. The molecule has 0 aromatic rings. The second-order valence-electron chi connectivity index (χ2n) is 22.3. The zero-order valence-corrected chi connectivity index (χ0v) is 47.2. The average molecular weight is 914 g/mol. The van der Waals surface area contributed by atoms with Crippen LogP contribution in [0.25, 0.3) is 0 Å². The maximum atomic E-state index is 8.26. The van der Waals surface area contributed by atoms with E-state index in [0.717, 1.165) is 54.6 Å². The van der Waals surface area contributed by atoms with Gasteiger partial charge < -0.3 is 35.4 Å². The van der Waals surface area contributed by atoms with Gasteiger partial charge in [0.25, 0.3) is 0 Å². The first-order valence-corrected chi connectivity index (χ1v) is 42.6. The van der Waals surface area contributed by atoms with E-state index < -0.39 is 86.4 Å². The van der Waals surface area contributed by atoms with Crippen molar-refractivity contribution in [3.63, 3.8) is 0 Å². The van der Waals surface area contributed by atoms with Crippen LogP contribution in [0.15, 0.2) is 0 Å². The van der Waals surface area contributed by atoms with Gasteiger partial charge in [-0.2, -0.15) is 0 Å². The van der Waals surface area contributed by atoms with Gasteiger partial charge in [-0.1, -0.05) is 66.7 Å². The van der Waals surface area contributed by atoms with Crippen LogP contribution in [0, 0.1) is 23.7 Å². The van der Waals surface area contributed by atoms with Crippen molar-refractivity contribution in [3.8, 4) is 0 Å². The summed E-state index contributed by atoms with van der Waals surface area (Å²) in [6, 6.07) is 3.14. The lowest BCUT2D eigenvalue weighted by Crippen LogP contribution is -3.53. The highest BCUT2D eigenvalue weighted by Gasteiger charge is 3.46. The van der Waals surface area contributed by atoms with E-state index in [4.69, 9.17) is 35.4 Å². The second kappa shape index (κ2) is 14.2. The Bertz CT molecular complexity index is 1510. The molecule has 320 valence electrons. The van der Waals surface area contributed by atoms with Crippen LogP contribution in [0.4, 0.5) is 0 Å². The minimum atomic E-state index is -2.46. The zero-order chi connectivity index (χ0) is 42.2. The molecule has 0 bridgehead atoms. The fourth-order valence-electron chi connectivity index (χ4n) is 14.5. The lowest BCUT2D eigenvalue weighted by atomic mass is 8.87. The van der Waals surface area contributed by atoms with E-state index in [1.807, 2.05) is 0 Å². The van der Waals surface area contributed by atoms with Crippen LogP contribution in [-0.2, 0) is 35.4 Å². The first kappa shape index (κ1) is 46.9. The molecule has 0 saturated heterocycles. The van der Waals surface area contributed by atoms with Crippen molar-refractivity contribution in [1.29, 1.82) is 0 Å². The fourth-order valence-corrected chi connectivity index (χ4v) is 26.9. The van der Waals surface area contributed by atoms with Gasteiger partial charge in [0.15, 0.2) is 86.4 Å². The smallest absolute Gasteiger partial charge is 0.227 e. The fraction of sp³-hybridized carbons (Fsp3) is 1.00. The molecule has 0 aromatic heterocycles. The quantitative estimate of drug-likeness (QED) is 0.0840. The molecule has 7 aliphatic carbocycles. The summed E-state index contributed by atoms with van der Waals surface area (Å²) in [5.74, 6) is 3.10. The summed E-state index contributed by atoms with van der Waals surface area (Å²) in [5.41, 5.74) is -7.60. The van der Waals surface area contributed by atoms with Crippen molar-refractivity contribution in [1.82, 2.24) is 0 Å². The van der Waals surface area contributed by atoms with E-state index in [1.54, 1.807) is 0 Å². The van der Waals surface area contributed by atoms with E-state index in [1.165, 1.54) is 19.3 Å². The van der Waals surface area contributed by atoms with E-state index in [2.05, 4.69) is 133 Å². The third-order valence-electron chi connectivity index (χ3n) is 15.1. The Labute approximate surface area is 355 Å². The van der Waals surface area contributed by atoms with Gasteiger partial charge in [-0.05, 0) is 140 Å². The standard InChI is InChI=1S/C40H80O8Si8/c1-21-24-31-29(4)30(5)32(31)25-28-56(19,20)46-36-34(42-50-7)33(41-49-6)35(36,43-51-8)39(48-55(17,18)27-23-3)38(33,47-54(15,16)26-22-2)37(34,44-52(9,10)11)40(36,39)45-53(12,13)14/h29-32H,21-28H2,1-20H3. The molecule has 6 radical (unpaired) electrons. The van der Waals surface area contributed by atoms with Gasteiger partial charge >= 0.3 is 0 Å². The maximum absolute atomic E-state index is 8.26. The molecule has 12 atom stereocenters. The predicted molar refractivity (Wildman–Crippen MR) is 244 cm³/mol. The molecular weight excluding hydrogens is 833 g/mol. The molecule has 0 aromatic carbocycles. The van der Waals surface area contributed by atoms with Crippen LogP contribution in [0.2, 0.25) is 116 Å². The summed E-state index contributed by atoms with van der Waals surface area (Å²) in [4.78, 5) is 0. The van der Waals surface area contributed by atoms with Gasteiger partial charge in [0.1, 0.15) is 0 Å². The molecule has 7 saturated carbocycles. The summed E-state index contributed by atoms with van der Waals surface area (Å²) in [7, 11) is -11.3. The van der Waals surface area contributed by atoms with Crippen molar-refractivity contribution in [3.05, 3.63) is 0 Å². The molecule has 7 fully saturated rings. The van der Waals surface area contributed by atoms with E-state index in [0.29, 0.717) is 0 Å². The molecular formula is C40H80O8Si8. The third kappa shape index (κ3) is 4.82. The van der Waals surface area contributed by atoms with Crippen LogP contribution in [0.3, 0.4) is 0 Å². The number of hydrogen-bond donors (Lipinski definition) is 0. The Morgan fingerprint density at radius 2 is 0.679 bits per heavy atom. The molecule has 56 heavy (non-hydrogen) atoms. The highest BCUT2D eigenvalue weighted by atomic mass is 28.4. The molecule has 0 spiro atoms. The Hall–Kier alpha value is 1.42. The minimum Gasteiger partial charge on any atom is -0.404 e. The first-order chi connectivity index (χ1) is 25.7. The molecule has 7 rings (SSSR count). The summed E-state index contributed by atoms with van der Waals surface area (Å²) in [6.45, 7) is 46.7. The Morgan fingerprint density at radius 3 is 1.00 bits per heavy atom. The molecule has 0 heterocycles. The summed E-state index contributed by atoms with van der Waals surface area (Å²) in [6.07, 6.45) is 5.90. The third-order valence-corrected chi connectivity index (χ3v) is 25.9. The monoisotopic (exact) mass is 912 g/mol. The van der Waals surface area contributed by atoms with Crippen molar-refractivity contribution in [2.45, 2.75) is 228 Å². The van der Waals surface area contributed by atoms with Crippen molar-refractivity contribution >= 4 is 70.9 Å². The minimum absolute atomic E-state index is 0.195. The largest absolute Gasteiger partial charge is 0.404 e. The molecule has 12 unspecified atom stereocenters. The molecule has 16 heteroatoms. The van der Waals surface area contributed by atoms with Gasteiger partial charge in [0.05, 0.1) is 0 Å². The SMILES string of the molecule is CCCC1C(C)C(C)C1CC[Si](C)(C)OC12C3(O[Si]C)C4(O[Si]C)C1(O[Si]C)C1(O[Si](C)(C)CCC)C2(O[Si](C)(C)C)C3(O[Si](C)(C)C)C41O[Si](C)(C)CCC. The van der Waals surface area contributed by atoms with Gasteiger partial charge in [-0.3, -0.25) is 0 Å². The first-order valence-electron chi connectivity index (χ1n) is 22.3. The number of hydrogen-bond acceptors (Lipinski definition) is 8. The molecule has 8 nitrogen and oxygen atoms in total. The average Bonchev–Trinajstić information content (AvgIpc) is 3.05. The van der Waals surface area contributed by atoms with E-state index >= 15 is 0 Å². The van der Waals surface area contributed by atoms with Crippen LogP contribution in [-0.4, -0.2) is 116 Å². The van der Waals surface area contributed by atoms with E-state index in [-0.39, 0.29) is 29.3 Å². The summed E-state index contributed by atoms with van der Waals surface area (Å²) in [5, 5.41) is 0. The molecule has 7 aliphatic rings. The Kier molecular flexibility index (Phi) is 11.9. The van der Waals surface area contributed by atoms with Crippen LogP contribution in [0.5, 0.6) is 0 Å². The highest BCUT2D eigenvalue weighted by Crippen LogP contribution is 3.16. The second-order valence-corrected chi connectivity index (χ2v) is 45.6. The maximum Gasteiger partial charge on any atom is 0.227 e. The molecule has 0 amide bonds. The van der Waals surface area contributed by atoms with Crippen LogP contribution >= 0.6 is 0 Å². The van der Waals surface area contributed by atoms with Gasteiger partial charge in [-0.25, -0.2) is 0 Å². The van der Waals surface area contributed by atoms with Crippen molar-refractivity contribution in [2.75, 3.05) is 0 Å². The highest BCUT2D eigenvalue weighted by molar-refractivity contribution is 6.74. The lowest BCUT2D eigenvalue weighted by molar-refractivity contribution is -0.837. The lowest BCUT2D eigenvalue weighted by Gasteiger charge is -3.24. The molecule has 0 N–H and O–H groups in total. The Balaban J connectivity index is 1.64.